The van der Waals surface area contributed by atoms with Gasteiger partial charge in [0.05, 0.1) is 5.56 Å². The van der Waals surface area contributed by atoms with Crippen LogP contribution in [0.15, 0.2) is 16.7 Å². The molecule has 0 aromatic carbocycles. The first-order valence-electron chi connectivity index (χ1n) is 6.23. The van der Waals surface area contributed by atoms with Crippen molar-refractivity contribution in [1.82, 2.24) is 14.8 Å². The molecule has 1 aromatic heterocycles. The topological polar surface area (TPSA) is 79.5 Å². The number of halogens is 1. The largest absolute Gasteiger partial charge is 0.383 e. The van der Waals surface area contributed by atoms with E-state index in [1.54, 1.807) is 36.8 Å². The van der Waals surface area contributed by atoms with Gasteiger partial charge < -0.3 is 15.5 Å². The minimum Gasteiger partial charge on any atom is -0.383 e. The molecule has 2 heterocycles. The minimum atomic E-state index is -0.890. The third-order valence-electron chi connectivity index (χ3n) is 3.56. The van der Waals surface area contributed by atoms with E-state index in [2.05, 4.69) is 20.9 Å². The number of nitrogens with two attached hydrogens (primary N) is 1. The SMILES string of the molecule is CN1CCN(C(=O)c2cc(Br)cnc2N)C(C)(C)C1=O. The molecule has 0 radical (unpaired) electrons. The maximum absolute atomic E-state index is 12.7. The normalized spacial score (nSPS) is 18.3. The molecule has 2 N–H and O–H groups in total. The summed E-state index contributed by atoms with van der Waals surface area (Å²) < 4.78 is 0.674. The highest BCUT2D eigenvalue weighted by atomic mass is 79.9. The molecule has 20 heavy (non-hydrogen) atoms. The Balaban J connectivity index is 2.38. The number of nitrogen functional groups attached to an aromatic ring is 1. The van der Waals surface area contributed by atoms with Crippen LogP contribution < -0.4 is 5.73 Å². The van der Waals surface area contributed by atoms with Crippen molar-refractivity contribution in [3.05, 3.63) is 22.3 Å². The van der Waals surface area contributed by atoms with E-state index in [0.29, 0.717) is 23.1 Å². The highest BCUT2D eigenvalue weighted by molar-refractivity contribution is 9.10. The van der Waals surface area contributed by atoms with E-state index in [-0.39, 0.29) is 17.6 Å². The van der Waals surface area contributed by atoms with Gasteiger partial charge in [0.1, 0.15) is 11.4 Å². The van der Waals surface area contributed by atoms with Crippen LogP contribution in [0, 0.1) is 0 Å². The zero-order chi connectivity index (χ0) is 15.1. The molecule has 0 aliphatic carbocycles. The molecule has 0 spiro atoms. The van der Waals surface area contributed by atoms with Gasteiger partial charge in [0.25, 0.3) is 5.91 Å². The molecule has 0 saturated carbocycles. The Labute approximate surface area is 126 Å². The van der Waals surface area contributed by atoms with Crippen LogP contribution in [0.4, 0.5) is 5.82 Å². The first-order chi connectivity index (χ1) is 9.25. The van der Waals surface area contributed by atoms with Crippen molar-refractivity contribution < 1.29 is 9.59 Å². The van der Waals surface area contributed by atoms with Crippen LogP contribution in [0.3, 0.4) is 0 Å². The second-order valence-corrected chi connectivity index (χ2v) is 6.24. The van der Waals surface area contributed by atoms with Crippen LogP contribution in [0.5, 0.6) is 0 Å². The van der Waals surface area contributed by atoms with Crippen LogP contribution >= 0.6 is 15.9 Å². The highest BCUT2D eigenvalue weighted by Gasteiger charge is 2.43. The number of pyridine rings is 1. The summed E-state index contributed by atoms with van der Waals surface area (Å²) in [6, 6.07) is 1.63. The summed E-state index contributed by atoms with van der Waals surface area (Å²) in [5, 5.41) is 0. The van der Waals surface area contributed by atoms with Crippen molar-refractivity contribution in [3.8, 4) is 0 Å². The second kappa shape index (κ2) is 5.05. The molecule has 0 bridgehead atoms. The summed E-state index contributed by atoms with van der Waals surface area (Å²) in [4.78, 5) is 32.0. The van der Waals surface area contributed by atoms with Crippen LogP contribution in [0.2, 0.25) is 0 Å². The number of hydrogen-bond donors (Lipinski definition) is 1. The molecule has 1 aliphatic heterocycles. The summed E-state index contributed by atoms with van der Waals surface area (Å²) in [5.41, 5.74) is 5.19. The number of amides is 2. The number of carbonyl (C=O) groups is 2. The number of anilines is 1. The quantitative estimate of drug-likeness (QED) is 0.830. The molecule has 1 fully saturated rings. The van der Waals surface area contributed by atoms with Gasteiger partial charge in [0.15, 0.2) is 0 Å². The summed E-state index contributed by atoms with van der Waals surface area (Å²) in [6.45, 7) is 4.46. The van der Waals surface area contributed by atoms with Gasteiger partial charge in [-0.05, 0) is 35.8 Å². The van der Waals surface area contributed by atoms with Gasteiger partial charge in [-0.1, -0.05) is 0 Å². The Morgan fingerprint density at radius 2 is 2.10 bits per heavy atom. The maximum atomic E-state index is 12.7. The average Bonchev–Trinajstić information content (AvgIpc) is 2.38. The lowest BCUT2D eigenvalue weighted by molar-refractivity contribution is -0.144. The van der Waals surface area contributed by atoms with Crippen LogP contribution in [-0.2, 0) is 4.79 Å². The Morgan fingerprint density at radius 3 is 2.75 bits per heavy atom. The average molecular weight is 341 g/mol. The van der Waals surface area contributed by atoms with E-state index >= 15 is 0 Å². The monoisotopic (exact) mass is 340 g/mol. The summed E-state index contributed by atoms with van der Waals surface area (Å²) >= 11 is 3.27. The molecule has 0 atom stereocenters. The van der Waals surface area contributed by atoms with Gasteiger partial charge in [0.2, 0.25) is 5.91 Å². The van der Waals surface area contributed by atoms with Crippen molar-refractivity contribution >= 4 is 33.6 Å². The first-order valence-corrected chi connectivity index (χ1v) is 7.03. The smallest absolute Gasteiger partial charge is 0.258 e. The van der Waals surface area contributed by atoms with Crippen molar-refractivity contribution in [2.24, 2.45) is 0 Å². The molecule has 108 valence electrons. The van der Waals surface area contributed by atoms with Gasteiger partial charge in [-0.15, -0.1) is 0 Å². The Bertz CT molecular complexity index is 573. The fourth-order valence-electron chi connectivity index (χ4n) is 2.34. The van der Waals surface area contributed by atoms with Crippen molar-refractivity contribution in [2.75, 3.05) is 25.9 Å². The molecule has 2 rings (SSSR count). The lowest BCUT2D eigenvalue weighted by Gasteiger charge is -2.44. The summed E-state index contributed by atoms with van der Waals surface area (Å²) in [5.74, 6) is -0.193. The Hall–Kier alpha value is -1.63. The number of piperazine rings is 1. The predicted octanol–water partition coefficient (Wildman–Crippen LogP) is 1.12. The van der Waals surface area contributed by atoms with Gasteiger partial charge >= 0.3 is 0 Å². The van der Waals surface area contributed by atoms with E-state index in [0.717, 1.165) is 0 Å². The van der Waals surface area contributed by atoms with Crippen LogP contribution in [0.25, 0.3) is 0 Å². The number of nitrogens with zero attached hydrogens (tertiary/aromatic N) is 3. The predicted molar refractivity (Wildman–Crippen MR) is 79.1 cm³/mol. The number of likely N-dealkylation sites (N-methyl/N-ethyl adjacent to an activating group) is 1. The molecule has 1 aliphatic rings. The molecule has 1 saturated heterocycles. The molecular formula is C13H17BrN4O2. The van der Waals surface area contributed by atoms with E-state index in [4.69, 9.17) is 5.73 Å². The Kier molecular flexibility index (Phi) is 3.73. The zero-order valence-electron chi connectivity index (χ0n) is 11.7. The third kappa shape index (κ3) is 2.37. The van der Waals surface area contributed by atoms with Gasteiger partial charge in [-0.2, -0.15) is 0 Å². The van der Waals surface area contributed by atoms with Gasteiger partial charge in [-0.3, -0.25) is 9.59 Å². The molecular weight excluding hydrogens is 324 g/mol. The van der Waals surface area contributed by atoms with Gasteiger partial charge in [0, 0.05) is 30.8 Å². The fraction of sp³-hybridized carbons (Fsp3) is 0.462. The molecule has 6 nitrogen and oxygen atoms in total. The fourth-order valence-corrected chi connectivity index (χ4v) is 2.67. The summed E-state index contributed by atoms with van der Waals surface area (Å²) in [6.07, 6.45) is 1.53. The van der Waals surface area contributed by atoms with Crippen molar-refractivity contribution in [1.29, 1.82) is 0 Å². The van der Waals surface area contributed by atoms with E-state index in [1.165, 1.54) is 6.20 Å². The minimum absolute atomic E-state index is 0.0846. The molecule has 1 aromatic rings. The van der Waals surface area contributed by atoms with Crippen LogP contribution in [0.1, 0.15) is 24.2 Å². The lowest BCUT2D eigenvalue weighted by Crippen LogP contribution is -2.63. The second-order valence-electron chi connectivity index (χ2n) is 5.33. The molecule has 2 amide bonds. The van der Waals surface area contributed by atoms with Gasteiger partial charge in [-0.25, -0.2) is 4.98 Å². The zero-order valence-corrected chi connectivity index (χ0v) is 13.3. The van der Waals surface area contributed by atoms with Crippen molar-refractivity contribution in [2.45, 2.75) is 19.4 Å². The number of rotatable bonds is 1. The lowest BCUT2D eigenvalue weighted by atomic mass is 9.96. The summed E-state index contributed by atoms with van der Waals surface area (Å²) in [7, 11) is 1.74. The maximum Gasteiger partial charge on any atom is 0.258 e. The standard InChI is InChI=1S/C13H17BrN4O2/c1-13(2)12(20)17(3)4-5-18(13)11(19)9-6-8(14)7-16-10(9)15/h6-7H,4-5H2,1-3H3,(H2,15,16). The Morgan fingerprint density at radius 1 is 1.45 bits per heavy atom. The van der Waals surface area contributed by atoms with Crippen molar-refractivity contribution in [3.63, 3.8) is 0 Å². The van der Waals surface area contributed by atoms with E-state index in [9.17, 15) is 9.59 Å². The van der Waals surface area contributed by atoms with E-state index < -0.39 is 5.54 Å². The third-order valence-corrected chi connectivity index (χ3v) is 4.00. The highest BCUT2D eigenvalue weighted by Crippen LogP contribution is 2.26. The first kappa shape index (κ1) is 14.8. The molecule has 7 heteroatoms. The molecule has 0 unspecified atom stereocenters. The van der Waals surface area contributed by atoms with E-state index in [1.807, 2.05) is 0 Å². The number of carbonyl (C=O) groups excluding carboxylic acids is 2. The van der Waals surface area contributed by atoms with Crippen LogP contribution in [-0.4, -0.2) is 52.3 Å². The number of hydrogen-bond acceptors (Lipinski definition) is 4. The number of aromatic nitrogens is 1.